The van der Waals surface area contributed by atoms with Gasteiger partial charge in [0.15, 0.2) is 0 Å². The van der Waals surface area contributed by atoms with Gasteiger partial charge in [-0.05, 0) is 12.0 Å². The number of piperazine rings is 1. The van der Waals surface area contributed by atoms with Gasteiger partial charge >= 0.3 is 0 Å². The molecule has 17 heavy (non-hydrogen) atoms. The van der Waals surface area contributed by atoms with Gasteiger partial charge in [-0.25, -0.2) is 0 Å². The summed E-state index contributed by atoms with van der Waals surface area (Å²) in [4.78, 5) is 5.30. The standard InChI is InChI=1S/C14H19BrN2/c15-6-7-16-10-14-8-13(16)11-17(14)9-12-4-2-1-3-5-12/h1-5,13-14H,6-11H2. The van der Waals surface area contributed by atoms with Gasteiger partial charge in [0.1, 0.15) is 0 Å². The molecule has 0 aromatic heterocycles. The number of nitrogens with zero attached hydrogens (tertiary/aromatic N) is 2. The fraction of sp³-hybridized carbons (Fsp3) is 0.571. The Bertz CT molecular complexity index is 368. The molecule has 2 aliphatic rings. The first-order valence-electron chi connectivity index (χ1n) is 6.45. The second kappa shape index (κ2) is 5.09. The van der Waals surface area contributed by atoms with E-state index in [4.69, 9.17) is 0 Å². The third-order valence-corrected chi connectivity index (χ3v) is 4.42. The number of fused-ring (bicyclic) bond motifs is 2. The average Bonchev–Trinajstić information content (AvgIpc) is 2.90. The molecule has 2 aliphatic heterocycles. The van der Waals surface area contributed by atoms with Crippen molar-refractivity contribution in [1.82, 2.24) is 9.80 Å². The monoisotopic (exact) mass is 294 g/mol. The smallest absolute Gasteiger partial charge is 0.0242 e. The molecule has 2 unspecified atom stereocenters. The van der Waals surface area contributed by atoms with Crippen molar-refractivity contribution in [3.8, 4) is 0 Å². The number of halogens is 1. The molecule has 0 N–H and O–H groups in total. The zero-order valence-corrected chi connectivity index (χ0v) is 11.6. The molecule has 2 saturated heterocycles. The topological polar surface area (TPSA) is 6.48 Å². The molecule has 0 saturated carbocycles. The van der Waals surface area contributed by atoms with Gasteiger partial charge in [-0.1, -0.05) is 46.3 Å². The Hall–Kier alpha value is -0.380. The minimum Gasteiger partial charge on any atom is -0.297 e. The number of benzene rings is 1. The first kappa shape index (κ1) is 11.7. The summed E-state index contributed by atoms with van der Waals surface area (Å²) < 4.78 is 0. The summed E-state index contributed by atoms with van der Waals surface area (Å²) in [6.07, 6.45) is 1.37. The summed E-state index contributed by atoms with van der Waals surface area (Å²) in [5.41, 5.74) is 1.45. The summed E-state index contributed by atoms with van der Waals surface area (Å²) in [6, 6.07) is 12.4. The van der Waals surface area contributed by atoms with E-state index in [1.165, 1.54) is 31.6 Å². The van der Waals surface area contributed by atoms with Gasteiger partial charge in [-0.2, -0.15) is 0 Å². The quantitative estimate of drug-likeness (QED) is 0.787. The van der Waals surface area contributed by atoms with Crippen LogP contribution in [0.1, 0.15) is 12.0 Å². The fourth-order valence-electron chi connectivity index (χ4n) is 3.23. The fourth-order valence-corrected chi connectivity index (χ4v) is 3.68. The molecule has 2 fully saturated rings. The van der Waals surface area contributed by atoms with E-state index in [-0.39, 0.29) is 0 Å². The lowest BCUT2D eigenvalue weighted by Crippen LogP contribution is -2.46. The lowest BCUT2D eigenvalue weighted by molar-refractivity contribution is 0.129. The lowest BCUT2D eigenvalue weighted by Gasteiger charge is -2.33. The molecule has 0 aliphatic carbocycles. The third kappa shape index (κ3) is 2.42. The molecule has 3 rings (SSSR count). The summed E-state index contributed by atoms with van der Waals surface area (Å²) in [5, 5.41) is 1.11. The minimum atomic E-state index is 0.791. The van der Waals surface area contributed by atoms with E-state index in [0.29, 0.717) is 0 Å². The zero-order chi connectivity index (χ0) is 11.7. The van der Waals surface area contributed by atoms with E-state index >= 15 is 0 Å². The van der Waals surface area contributed by atoms with Crippen molar-refractivity contribution < 1.29 is 0 Å². The van der Waals surface area contributed by atoms with Crippen molar-refractivity contribution in [3.05, 3.63) is 35.9 Å². The Balaban J connectivity index is 1.59. The maximum Gasteiger partial charge on any atom is 0.0242 e. The van der Waals surface area contributed by atoms with Crippen molar-refractivity contribution in [2.45, 2.75) is 25.0 Å². The lowest BCUT2D eigenvalue weighted by atomic mass is 10.2. The molecule has 2 atom stereocenters. The number of rotatable bonds is 4. The molecule has 0 spiro atoms. The molecule has 2 nitrogen and oxygen atoms in total. The molecule has 2 bridgehead atoms. The molecule has 0 radical (unpaired) electrons. The van der Waals surface area contributed by atoms with Gasteiger partial charge in [0.05, 0.1) is 0 Å². The Morgan fingerprint density at radius 2 is 1.76 bits per heavy atom. The SMILES string of the molecule is BrCCN1CC2CC1CN2Cc1ccccc1. The summed E-state index contributed by atoms with van der Waals surface area (Å²) in [7, 11) is 0. The molecular formula is C14H19BrN2. The van der Waals surface area contributed by atoms with Gasteiger partial charge in [-0.3, -0.25) is 9.80 Å². The Morgan fingerprint density at radius 1 is 1.06 bits per heavy atom. The predicted octanol–water partition coefficient (Wildman–Crippen LogP) is 2.34. The highest BCUT2D eigenvalue weighted by Crippen LogP contribution is 2.31. The molecule has 0 amide bonds. The van der Waals surface area contributed by atoms with Crippen LogP contribution < -0.4 is 0 Å². The zero-order valence-electron chi connectivity index (χ0n) is 10.1. The highest BCUT2D eigenvalue weighted by molar-refractivity contribution is 9.09. The molecule has 3 heteroatoms. The highest BCUT2D eigenvalue weighted by Gasteiger charge is 2.42. The second-order valence-electron chi connectivity index (χ2n) is 5.14. The molecule has 2 heterocycles. The van der Waals surface area contributed by atoms with Crippen LogP contribution in [-0.4, -0.2) is 46.8 Å². The van der Waals surface area contributed by atoms with Crippen molar-refractivity contribution in [3.63, 3.8) is 0 Å². The number of hydrogen-bond acceptors (Lipinski definition) is 2. The van der Waals surface area contributed by atoms with E-state index in [9.17, 15) is 0 Å². The minimum absolute atomic E-state index is 0.791. The maximum atomic E-state index is 3.54. The van der Waals surface area contributed by atoms with Crippen molar-refractivity contribution >= 4 is 15.9 Å². The van der Waals surface area contributed by atoms with Crippen LogP contribution in [-0.2, 0) is 6.54 Å². The molecule has 1 aromatic carbocycles. The number of hydrogen-bond donors (Lipinski definition) is 0. The van der Waals surface area contributed by atoms with E-state index in [1.54, 1.807) is 0 Å². The molecule has 1 aromatic rings. The Morgan fingerprint density at radius 3 is 2.41 bits per heavy atom. The van der Waals surface area contributed by atoms with Crippen LogP contribution >= 0.6 is 15.9 Å². The van der Waals surface area contributed by atoms with E-state index < -0.39 is 0 Å². The van der Waals surface area contributed by atoms with Crippen LogP contribution in [0.2, 0.25) is 0 Å². The first-order chi connectivity index (χ1) is 8.36. The normalized spacial score (nSPS) is 29.0. The molecular weight excluding hydrogens is 276 g/mol. The predicted molar refractivity (Wildman–Crippen MR) is 74.4 cm³/mol. The second-order valence-corrected chi connectivity index (χ2v) is 5.94. The van der Waals surface area contributed by atoms with Gasteiger partial charge in [0, 0.05) is 43.6 Å². The van der Waals surface area contributed by atoms with Crippen molar-refractivity contribution in [2.75, 3.05) is 25.0 Å². The van der Waals surface area contributed by atoms with Crippen LogP contribution in [0, 0.1) is 0 Å². The summed E-state index contributed by atoms with van der Waals surface area (Å²) in [6.45, 7) is 4.86. The van der Waals surface area contributed by atoms with Gasteiger partial charge < -0.3 is 0 Å². The van der Waals surface area contributed by atoms with E-state index in [1.807, 2.05) is 0 Å². The molecule has 92 valence electrons. The highest BCUT2D eigenvalue weighted by atomic mass is 79.9. The summed E-state index contributed by atoms with van der Waals surface area (Å²) in [5.74, 6) is 0. The van der Waals surface area contributed by atoms with Crippen LogP contribution in [0.5, 0.6) is 0 Å². The van der Waals surface area contributed by atoms with Gasteiger partial charge in [-0.15, -0.1) is 0 Å². The van der Waals surface area contributed by atoms with E-state index in [2.05, 4.69) is 56.1 Å². The largest absolute Gasteiger partial charge is 0.297 e. The van der Waals surface area contributed by atoms with Crippen LogP contribution in [0.15, 0.2) is 30.3 Å². The average molecular weight is 295 g/mol. The third-order valence-electron chi connectivity index (χ3n) is 4.07. The van der Waals surface area contributed by atoms with E-state index in [0.717, 1.165) is 24.0 Å². The van der Waals surface area contributed by atoms with Gasteiger partial charge in [0.2, 0.25) is 0 Å². The van der Waals surface area contributed by atoms with Crippen molar-refractivity contribution in [2.24, 2.45) is 0 Å². The maximum absolute atomic E-state index is 3.54. The van der Waals surface area contributed by atoms with Gasteiger partial charge in [0.25, 0.3) is 0 Å². The Kier molecular flexibility index (Phi) is 3.50. The Labute approximate surface area is 112 Å². The number of alkyl halides is 1. The van der Waals surface area contributed by atoms with Crippen LogP contribution in [0.25, 0.3) is 0 Å². The number of likely N-dealkylation sites (tertiary alicyclic amines) is 2. The van der Waals surface area contributed by atoms with Crippen LogP contribution in [0.3, 0.4) is 0 Å². The van der Waals surface area contributed by atoms with Crippen molar-refractivity contribution in [1.29, 1.82) is 0 Å². The summed E-state index contributed by atoms with van der Waals surface area (Å²) >= 11 is 3.54. The van der Waals surface area contributed by atoms with Crippen LogP contribution in [0.4, 0.5) is 0 Å². The first-order valence-corrected chi connectivity index (χ1v) is 7.57.